The quantitative estimate of drug-likeness (QED) is 0.388. The number of aromatic nitrogens is 4. The first-order valence-corrected chi connectivity index (χ1v) is 10.1. The van der Waals surface area contributed by atoms with E-state index in [1.54, 1.807) is 31.2 Å². The lowest BCUT2D eigenvalue weighted by atomic mass is 10.1. The third-order valence-corrected chi connectivity index (χ3v) is 4.64. The lowest BCUT2D eigenvalue weighted by Gasteiger charge is -2.08. The van der Waals surface area contributed by atoms with Gasteiger partial charge in [0, 0.05) is 12.2 Å². The van der Waals surface area contributed by atoms with Crippen LogP contribution in [0.4, 0.5) is 0 Å². The zero-order chi connectivity index (χ0) is 21.7. The third kappa shape index (κ3) is 5.68. The maximum Gasteiger partial charge on any atom is 0.311 e. The highest BCUT2D eigenvalue weighted by atomic mass is 16.5. The fourth-order valence-corrected chi connectivity index (χ4v) is 3.18. The number of esters is 1. The summed E-state index contributed by atoms with van der Waals surface area (Å²) in [6, 6.07) is 6.86. The molecule has 8 heteroatoms. The number of nitrogens with zero attached hydrogens (tertiary/aromatic N) is 4. The summed E-state index contributed by atoms with van der Waals surface area (Å²) in [5.74, 6) is 2.31. The van der Waals surface area contributed by atoms with Crippen molar-refractivity contribution in [2.24, 2.45) is 5.92 Å². The molecule has 1 aromatic carbocycles. The van der Waals surface area contributed by atoms with Gasteiger partial charge in [0.25, 0.3) is 5.89 Å². The Kier molecular flexibility index (Phi) is 6.87. The monoisotopic (exact) mass is 412 g/mol. The zero-order valence-electron chi connectivity index (χ0n) is 18.1. The van der Waals surface area contributed by atoms with E-state index in [4.69, 9.17) is 14.0 Å². The summed E-state index contributed by atoms with van der Waals surface area (Å²) in [5, 5.41) is 8.31. The highest BCUT2D eigenvalue weighted by molar-refractivity contribution is 5.72. The minimum atomic E-state index is -0.277. The summed E-state index contributed by atoms with van der Waals surface area (Å²) in [6.07, 6.45) is 0.906. The van der Waals surface area contributed by atoms with E-state index in [1.165, 1.54) is 0 Å². The zero-order valence-corrected chi connectivity index (χ0v) is 18.1. The van der Waals surface area contributed by atoms with Crippen molar-refractivity contribution < 1.29 is 18.8 Å². The van der Waals surface area contributed by atoms with Gasteiger partial charge >= 0.3 is 5.97 Å². The predicted octanol–water partition coefficient (Wildman–Crippen LogP) is 3.96. The summed E-state index contributed by atoms with van der Waals surface area (Å²) in [7, 11) is 0. The van der Waals surface area contributed by atoms with Crippen LogP contribution in [0.5, 0.6) is 11.5 Å². The van der Waals surface area contributed by atoms with Gasteiger partial charge in [-0.05, 0) is 62.9 Å². The van der Waals surface area contributed by atoms with Gasteiger partial charge in [-0.2, -0.15) is 10.1 Å². The second kappa shape index (κ2) is 9.56. The second-order valence-electron chi connectivity index (χ2n) is 7.69. The number of carbonyl (C=O) groups is 1. The second-order valence-corrected chi connectivity index (χ2v) is 7.69. The first kappa shape index (κ1) is 21.5. The van der Waals surface area contributed by atoms with E-state index in [2.05, 4.69) is 36.0 Å². The molecule has 0 unspecified atom stereocenters. The molecule has 3 rings (SSSR count). The molecule has 0 bridgehead atoms. The number of rotatable bonds is 9. The van der Waals surface area contributed by atoms with Crippen LogP contribution in [0.1, 0.15) is 48.9 Å². The fraction of sp³-hybridized carbons (Fsp3) is 0.455. The van der Waals surface area contributed by atoms with Crippen molar-refractivity contribution >= 4 is 5.97 Å². The Balaban J connectivity index is 1.49. The molecule has 30 heavy (non-hydrogen) atoms. The molecule has 0 saturated heterocycles. The van der Waals surface area contributed by atoms with Gasteiger partial charge in [-0.1, -0.05) is 19.0 Å². The van der Waals surface area contributed by atoms with Crippen molar-refractivity contribution in [1.29, 1.82) is 0 Å². The summed E-state index contributed by atoms with van der Waals surface area (Å²) in [6.45, 7) is 11.2. The first-order chi connectivity index (χ1) is 14.3. The van der Waals surface area contributed by atoms with Gasteiger partial charge in [0.1, 0.15) is 11.5 Å². The van der Waals surface area contributed by atoms with Crippen LogP contribution >= 0.6 is 0 Å². The Bertz CT molecular complexity index is 989. The molecule has 0 saturated carbocycles. The maximum atomic E-state index is 12.3. The topological polar surface area (TPSA) is 92.3 Å². The SMILES string of the molecule is Cc1noc(COc2ccc(OC(=O)CCc3c(C)nn(CC(C)C)c3C)cc2)n1. The van der Waals surface area contributed by atoms with Crippen LogP contribution in [-0.2, 0) is 24.4 Å². The summed E-state index contributed by atoms with van der Waals surface area (Å²) in [4.78, 5) is 16.4. The number of aryl methyl sites for hydroxylation is 2. The van der Waals surface area contributed by atoms with Crippen LogP contribution in [0, 0.1) is 26.7 Å². The Labute approximate surface area is 176 Å². The smallest absolute Gasteiger partial charge is 0.311 e. The largest absolute Gasteiger partial charge is 0.484 e. The standard InChI is InChI=1S/C22H28N4O4/c1-14(2)12-26-16(4)20(15(3)24-26)10-11-22(27)29-19-8-6-18(7-9-19)28-13-21-23-17(5)25-30-21/h6-9,14H,10-13H2,1-5H3. The molecule has 0 atom stereocenters. The Morgan fingerprint density at radius 3 is 2.47 bits per heavy atom. The fourth-order valence-electron chi connectivity index (χ4n) is 3.18. The van der Waals surface area contributed by atoms with Crippen molar-refractivity contribution in [3.63, 3.8) is 0 Å². The number of ether oxygens (including phenoxy) is 2. The molecule has 0 N–H and O–H groups in total. The molecule has 0 fully saturated rings. The molecule has 0 radical (unpaired) electrons. The number of benzene rings is 1. The molecule has 0 aliphatic carbocycles. The lowest BCUT2D eigenvalue weighted by Crippen LogP contribution is -2.10. The normalized spacial score (nSPS) is 11.1. The molecule has 0 amide bonds. The van der Waals surface area contributed by atoms with E-state index in [1.807, 2.05) is 11.6 Å². The molecular weight excluding hydrogens is 384 g/mol. The summed E-state index contributed by atoms with van der Waals surface area (Å²) >= 11 is 0. The van der Waals surface area contributed by atoms with Crippen molar-refractivity contribution in [2.75, 3.05) is 0 Å². The Morgan fingerprint density at radius 1 is 1.13 bits per heavy atom. The minimum absolute atomic E-state index is 0.184. The van der Waals surface area contributed by atoms with Crippen LogP contribution in [0.3, 0.4) is 0 Å². The van der Waals surface area contributed by atoms with Gasteiger partial charge in [0.15, 0.2) is 12.4 Å². The summed E-state index contributed by atoms with van der Waals surface area (Å²) < 4.78 is 18.1. The van der Waals surface area contributed by atoms with Crippen LogP contribution in [-0.4, -0.2) is 25.9 Å². The van der Waals surface area contributed by atoms with Crippen LogP contribution < -0.4 is 9.47 Å². The van der Waals surface area contributed by atoms with E-state index in [0.29, 0.717) is 42.0 Å². The molecule has 160 valence electrons. The molecular formula is C22H28N4O4. The Hall–Kier alpha value is -3.16. The van der Waals surface area contributed by atoms with Gasteiger partial charge in [0.05, 0.1) is 12.1 Å². The number of hydrogen-bond acceptors (Lipinski definition) is 7. The van der Waals surface area contributed by atoms with E-state index in [0.717, 1.165) is 23.5 Å². The Morgan fingerprint density at radius 2 is 1.83 bits per heavy atom. The average molecular weight is 412 g/mol. The van der Waals surface area contributed by atoms with E-state index in [9.17, 15) is 4.79 Å². The number of carbonyl (C=O) groups excluding carboxylic acids is 1. The lowest BCUT2D eigenvalue weighted by molar-refractivity contribution is -0.134. The van der Waals surface area contributed by atoms with Gasteiger partial charge in [-0.3, -0.25) is 9.48 Å². The molecule has 3 aromatic rings. The molecule has 0 spiro atoms. The molecule has 0 aliphatic heterocycles. The van der Waals surface area contributed by atoms with E-state index >= 15 is 0 Å². The molecule has 8 nitrogen and oxygen atoms in total. The third-order valence-electron chi connectivity index (χ3n) is 4.64. The van der Waals surface area contributed by atoms with Crippen molar-refractivity contribution in [3.8, 4) is 11.5 Å². The van der Waals surface area contributed by atoms with Crippen LogP contribution in [0.25, 0.3) is 0 Å². The predicted molar refractivity (Wildman–Crippen MR) is 110 cm³/mol. The van der Waals surface area contributed by atoms with Gasteiger partial charge in [0.2, 0.25) is 0 Å². The van der Waals surface area contributed by atoms with E-state index < -0.39 is 0 Å². The van der Waals surface area contributed by atoms with Gasteiger partial charge < -0.3 is 14.0 Å². The minimum Gasteiger partial charge on any atom is -0.484 e. The highest BCUT2D eigenvalue weighted by Gasteiger charge is 2.15. The van der Waals surface area contributed by atoms with Crippen molar-refractivity contribution in [1.82, 2.24) is 19.9 Å². The van der Waals surface area contributed by atoms with Crippen LogP contribution in [0.2, 0.25) is 0 Å². The number of hydrogen-bond donors (Lipinski definition) is 0. The van der Waals surface area contributed by atoms with Crippen LogP contribution in [0.15, 0.2) is 28.8 Å². The van der Waals surface area contributed by atoms with E-state index in [-0.39, 0.29) is 12.6 Å². The van der Waals surface area contributed by atoms with Crippen molar-refractivity contribution in [3.05, 3.63) is 52.9 Å². The van der Waals surface area contributed by atoms with Gasteiger partial charge in [-0.25, -0.2) is 0 Å². The average Bonchev–Trinajstić information content (AvgIpc) is 3.22. The first-order valence-electron chi connectivity index (χ1n) is 10.1. The maximum absolute atomic E-state index is 12.3. The molecule has 2 heterocycles. The van der Waals surface area contributed by atoms with Crippen molar-refractivity contribution in [2.45, 2.75) is 60.6 Å². The molecule has 2 aromatic heterocycles. The molecule has 0 aliphatic rings. The summed E-state index contributed by atoms with van der Waals surface area (Å²) in [5.41, 5.74) is 3.21. The van der Waals surface area contributed by atoms with Gasteiger partial charge in [-0.15, -0.1) is 0 Å². The highest BCUT2D eigenvalue weighted by Crippen LogP contribution is 2.20.